The van der Waals surface area contributed by atoms with Gasteiger partial charge < -0.3 is 14.2 Å². The number of hydrogen-bond donors (Lipinski definition) is 0. The van der Waals surface area contributed by atoms with Gasteiger partial charge in [-0.2, -0.15) is 0 Å². The van der Waals surface area contributed by atoms with Crippen LogP contribution in [0.5, 0.6) is 11.5 Å². The van der Waals surface area contributed by atoms with Crippen molar-refractivity contribution < 1.29 is 14.2 Å². The standard InChI is InChI=1S/C25H36N2O3/c1-3-5-6-7-8-9-18-30-24-20-26-25(27-21-24)22-12-14-23(15-13-22)29-19-11-10-17-28-16-4-2/h8-9,12-15,20-21H,3-7,10-11,16-19H2,1-2H3. The van der Waals surface area contributed by atoms with Crippen LogP contribution in [0.4, 0.5) is 0 Å². The van der Waals surface area contributed by atoms with Crippen LogP contribution in [0.15, 0.2) is 48.8 Å². The van der Waals surface area contributed by atoms with Crippen molar-refractivity contribution in [2.75, 3.05) is 26.4 Å². The maximum absolute atomic E-state index is 5.79. The maximum Gasteiger partial charge on any atom is 0.159 e. The summed E-state index contributed by atoms with van der Waals surface area (Å²) >= 11 is 0. The lowest BCUT2D eigenvalue weighted by Crippen LogP contribution is -2.01. The summed E-state index contributed by atoms with van der Waals surface area (Å²) in [5.41, 5.74) is 0.956. The molecule has 0 saturated heterocycles. The van der Waals surface area contributed by atoms with E-state index in [0.29, 0.717) is 24.8 Å². The lowest BCUT2D eigenvalue weighted by Gasteiger charge is -2.08. The van der Waals surface area contributed by atoms with Crippen molar-refractivity contribution in [1.29, 1.82) is 0 Å². The zero-order valence-corrected chi connectivity index (χ0v) is 18.5. The van der Waals surface area contributed by atoms with E-state index >= 15 is 0 Å². The molecule has 0 bridgehead atoms. The van der Waals surface area contributed by atoms with Gasteiger partial charge in [0, 0.05) is 18.8 Å². The van der Waals surface area contributed by atoms with Gasteiger partial charge in [0.05, 0.1) is 19.0 Å². The smallest absolute Gasteiger partial charge is 0.159 e. The Bertz CT molecular complexity index is 699. The fourth-order valence-electron chi connectivity index (χ4n) is 2.83. The van der Waals surface area contributed by atoms with Gasteiger partial charge in [-0.3, -0.25) is 0 Å². The van der Waals surface area contributed by atoms with Crippen LogP contribution in [-0.4, -0.2) is 36.4 Å². The molecule has 0 amide bonds. The molecular formula is C25H36N2O3. The SMILES string of the molecule is CCCCCC=CCOc1cnc(-c2ccc(OCCCCOCCC)cc2)nc1. The number of aromatic nitrogens is 2. The van der Waals surface area contributed by atoms with Crippen LogP contribution in [0.1, 0.15) is 58.8 Å². The Morgan fingerprint density at radius 1 is 0.733 bits per heavy atom. The fourth-order valence-corrected chi connectivity index (χ4v) is 2.83. The molecule has 0 fully saturated rings. The number of unbranched alkanes of at least 4 members (excludes halogenated alkanes) is 4. The molecule has 164 valence electrons. The molecule has 0 spiro atoms. The van der Waals surface area contributed by atoms with Crippen LogP contribution in [0.2, 0.25) is 0 Å². The van der Waals surface area contributed by atoms with Gasteiger partial charge in [0.15, 0.2) is 11.6 Å². The number of rotatable bonds is 16. The summed E-state index contributed by atoms with van der Waals surface area (Å²) in [7, 11) is 0. The van der Waals surface area contributed by atoms with Crippen LogP contribution in [0, 0.1) is 0 Å². The van der Waals surface area contributed by atoms with Crippen molar-refractivity contribution in [2.45, 2.75) is 58.8 Å². The predicted molar refractivity (Wildman–Crippen MR) is 122 cm³/mol. The highest BCUT2D eigenvalue weighted by Gasteiger charge is 2.03. The highest BCUT2D eigenvalue weighted by atomic mass is 16.5. The zero-order chi connectivity index (χ0) is 21.3. The first-order chi connectivity index (χ1) is 14.8. The zero-order valence-electron chi connectivity index (χ0n) is 18.5. The summed E-state index contributed by atoms with van der Waals surface area (Å²) < 4.78 is 16.9. The second-order valence-corrected chi connectivity index (χ2v) is 7.21. The number of nitrogens with zero attached hydrogens (tertiary/aromatic N) is 2. The molecule has 0 unspecified atom stereocenters. The van der Waals surface area contributed by atoms with Gasteiger partial charge >= 0.3 is 0 Å². The summed E-state index contributed by atoms with van der Waals surface area (Å²) in [5, 5.41) is 0. The summed E-state index contributed by atoms with van der Waals surface area (Å²) in [5.74, 6) is 2.22. The predicted octanol–water partition coefficient (Wildman–Crippen LogP) is 6.24. The molecule has 1 aromatic heterocycles. The van der Waals surface area contributed by atoms with Gasteiger partial charge in [-0.1, -0.05) is 38.8 Å². The van der Waals surface area contributed by atoms with E-state index in [2.05, 4.69) is 36.0 Å². The van der Waals surface area contributed by atoms with Crippen molar-refractivity contribution in [3.63, 3.8) is 0 Å². The summed E-state index contributed by atoms with van der Waals surface area (Å²) in [4.78, 5) is 8.83. The molecule has 5 nitrogen and oxygen atoms in total. The maximum atomic E-state index is 5.79. The van der Waals surface area contributed by atoms with Crippen LogP contribution < -0.4 is 9.47 Å². The lowest BCUT2D eigenvalue weighted by molar-refractivity contribution is 0.127. The quantitative estimate of drug-likeness (QED) is 0.241. The van der Waals surface area contributed by atoms with Gasteiger partial charge in [0.2, 0.25) is 0 Å². The topological polar surface area (TPSA) is 53.5 Å². The minimum absolute atomic E-state index is 0.547. The van der Waals surface area contributed by atoms with Crippen molar-refractivity contribution in [2.24, 2.45) is 0 Å². The average molecular weight is 413 g/mol. The monoisotopic (exact) mass is 412 g/mol. The van der Waals surface area contributed by atoms with E-state index in [1.54, 1.807) is 12.4 Å². The fraction of sp³-hybridized carbons (Fsp3) is 0.520. The third-order valence-electron chi connectivity index (χ3n) is 4.53. The third-order valence-corrected chi connectivity index (χ3v) is 4.53. The summed E-state index contributed by atoms with van der Waals surface area (Å²) in [6.45, 7) is 7.23. The molecule has 0 saturated carbocycles. The number of hydrogen-bond acceptors (Lipinski definition) is 5. The molecule has 2 rings (SSSR count). The Kier molecular flexibility index (Phi) is 12.3. The first-order valence-electron chi connectivity index (χ1n) is 11.2. The second-order valence-electron chi connectivity index (χ2n) is 7.21. The molecule has 5 heteroatoms. The Balaban J connectivity index is 1.69. The van der Waals surface area contributed by atoms with Gasteiger partial charge in [0.1, 0.15) is 12.4 Å². The van der Waals surface area contributed by atoms with Crippen LogP contribution in [-0.2, 0) is 4.74 Å². The summed E-state index contributed by atoms with van der Waals surface area (Å²) in [6.07, 6.45) is 15.6. The van der Waals surface area contributed by atoms with Gasteiger partial charge in [-0.25, -0.2) is 9.97 Å². The number of ether oxygens (including phenoxy) is 3. The van der Waals surface area contributed by atoms with Crippen LogP contribution >= 0.6 is 0 Å². The molecule has 0 radical (unpaired) electrons. The number of benzene rings is 1. The highest BCUT2D eigenvalue weighted by Crippen LogP contribution is 2.20. The molecule has 0 aliphatic carbocycles. The molecule has 0 atom stereocenters. The van der Waals surface area contributed by atoms with E-state index in [9.17, 15) is 0 Å². The normalized spacial score (nSPS) is 11.1. The Labute approximate surface area is 181 Å². The molecule has 1 aromatic carbocycles. The molecule has 1 heterocycles. The van der Waals surface area contributed by atoms with Gasteiger partial charge in [-0.15, -0.1) is 0 Å². The Morgan fingerprint density at radius 2 is 1.50 bits per heavy atom. The van der Waals surface area contributed by atoms with E-state index in [0.717, 1.165) is 50.2 Å². The van der Waals surface area contributed by atoms with Gasteiger partial charge in [0.25, 0.3) is 0 Å². The second kappa shape index (κ2) is 15.4. The number of allylic oxidation sites excluding steroid dienone is 1. The molecular weight excluding hydrogens is 376 g/mol. The van der Waals surface area contributed by atoms with Gasteiger partial charge in [-0.05, 0) is 56.4 Å². The molecule has 0 aliphatic rings. The highest BCUT2D eigenvalue weighted by molar-refractivity contribution is 5.56. The Hall–Kier alpha value is -2.40. The first-order valence-corrected chi connectivity index (χ1v) is 11.2. The van der Waals surface area contributed by atoms with E-state index in [1.807, 2.05) is 24.3 Å². The van der Waals surface area contributed by atoms with Crippen LogP contribution in [0.3, 0.4) is 0 Å². The molecule has 0 N–H and O–H groups in total. The van der Waals surface area contributed by atoms with E-state index < -0.39 is 0 Å². The van der Waals surface area contributed by atoms with E-state index in [-0.39, 0.29) is 0 Å². The van der Waals surface area contributed by atoms with Crippen molar-refractivity contribution in [3.8, 4) is 22.9 Å². The van der Waals surface area contributed by atoms with Crippen molar-refractivity contribution in [3.05, 3.63) is 48.8 Å². The van der Waals surface area contributed by atoms with E-state index in [1.165, 1.54) is 19.3 Å². The largest absolute Gasteiger partial charge is 0.494 e. The average Bonchev–Trinajstić information content (AvgIpc) is 2.79. The lowest BCUT2D eigenvalue weighted by atomic mass is 10.2. The van der Waals surface area contributed by atoms with E-state index in [4.69, 9.17) is 14.2 Å². The third kappa shape index (κ3) is 9.88. The minimum Gasteiger partial charge on any atom is -0.494 e. The first kappa shape index (κ1) is 23.9. The Morgan fingerprint density at radius 3 is 2.23 bits per heavy atom. The molecule has 2 aromatic rings. The summed E-state index contributed by atoms with van der Waals surface area (Å²) in [6, 6.07) is 7.88. The minimum atomic E-state index is 0.547. The van der Waals surface area contributed by atoms with Crippen molar-refractivity contribution in [1.82, 2.24) is 9.97 Å². The molecule has 0 aliphatic heterocycles. The van der Waals surface area contributed by atoms with Crippen LogP contribution in [0.25, 0.3) is 11.4 Å². The molecule has 30 heavy (non-hydrogen) atoms. The van der Waals surface area contributed by atoms with Crippen molar-refractivity contribution >= 4 is 0 Å².